The van der Waals surface area contributed by atoms with Gasteiger partial charge in [0.2, 0.25) is 5.91 Å². The number of nitrogens with zero attached hydrogens (tertiary/aromatic N) is 1. The zero-order valence-corrected chi connectivity index (χ0v) is 13.6. The SMILES string of the molecule is O=C1CCc2cc([N+](=O)[O-])c(N[C@@H]3C[C@@H]3c3c(F)cccc3F)cc2N1. The zero-order chi connectivity index (χ0) is 18.4. The minimum absolute atomic E-state index is 0.00100. The highest BCUT2D eigenvalue weighted by Gasteiger charge is 2.42. The first-order valence-corrected chi connectivity index (χ1v) is 8.25. The molecule has 4 rings (SSSR count). The molecule has 0 radical (unpaired) electrons. The van der Waals surface area contributed by atoms with Crippen LogP contribution in [0.1, 0.15) is 29.9 Å². The van der Waals surface area contributed by atoms with Crippen molar-refractivity contribution in [2.24, 2.45) is 0 Å². The van der Waals surface area contributed by atoms with Gasteiger partial charge >= 0.3 is 0 Å². The van der Waals surface area contributed by atoms with Crippen molar-refractivity contribution in [3.05, 3.63) is 63.2 Å². The Bertz CT molecular complexity index is 912. The van der Waals surface area contributed by atoms with Crippen molar-refractivity contribution >= 4 is 23.0 Å². The Labute approximate surface area is 147 Å². The Kier molecular flexibility index (Phi) is 3.82. The second-order valence-electron chi connectivity index (χ2n) is 6.56. The summed E-state index contributed by atoms with van der Waals surface area (Å²) in [5.41, 5.74) is 1.36. The first-order valence-electron chi connectivity index (χ1n) is 8.25. The molecule has 0 spiro atoms. The summed E-state index contributed by atoms with van der Waals surface area (Å²) >= 11 is 0. The molecule has 2 aromatic rings. The molecular formula is C18H15F2N3O3. The maximum absolute atomic E-state index is 13.9. The number of nitrogens with one attached hydrogen (secondary N) is 2. The lowest BCUT2D eigenvalue weighted by molar-refractivity contribution is -0.384. The third-order valence-corrected chi connectivity index (χ3v) is 4.82. The van der Waals surface area contributed by atoms with Crippen LogP contribution in [0.4, 0.5) is 25.8 Å². The molecule has 6 nitrogen and oxygen atoms in total. The molecule has 0 unspecified atom stereocenters. The van der Waals surface area contributed by atoms with Crippen molar-refractivity contribution in [2.45, 2.75) is 31.2 Å². The maximum Gasteiger partial charge on any atom is 0.292 e. The van der Waals surface area contributed by atoms with Crippen LogP contribution in [0, 0.1) is 21.7 Å². The van der Waals surface area contributed by atoms with E-state index in [-0.39, 0.29) is 41.2 Å². The van der Waals surface area contributed by atoms with Crippen LogP contribution < -0.4 is 10.6 Å². The van der Waals surface area contributed by atoms with Crippen LogP contribution in [0.15, 0.2) is 30.3 Å². The summed E-state index contributed by atoms with van der Waals surface area (Å²) in [6, 6.07) is 6.36. The molecule has 2 N–H and O–H groups in total. The Hall–Kier alpha value is -3.03. The van der Waals surface area contributed by atoms with Crippen LogP contribution in [-0.4, -0.2) is 16.9 Å². The molecular weight excluding hydrogens is 344 g/mol. The second-order valence-corrected chi connectivity index (χ2v) is 6.56. The van der Waals surface area contributed by atoms with Gasteiger partial charge in [-0.05, 0) is 36.6 Å². The summed E-state index contributed by atoms with van der Waals surface area (Å²) in [6.45, 7) is 0. The maximum atomic E-state index is 13.9. The lowest BCUT2D eigenvalue weighted by atomic mass is 10.0. The number of rotatable bonds is 4. The number of hydrogen-bond donors (Lipinski definition) is 2. The largest absolute Gasteiger partial charge is 0.376 e. The van der Waals surface area contributed by atoms with E-state index in [4.69, 9.17) is 0 Å². The van der Waals surface area contributed by atoms with Crippen molar-refractivity contribution in [3.63, 3.8) is 0 Å². The molecule has 2 atom stereocenters. The molecule has 8 heteroatoms. The summed E-state index contributed by atoms with van der Waals surface area (Å²) in [4.78, 5) is 22.4. The van der Waals surface area contributed by atoms with Gasteiger partial charge in [-0.15, -0.1) is 0 Å². The smallest absolute Gasteiger partial charge is 0.292 e. The van der Waals surface area contributed by atoms with Crippen LogP contribution in [0.5, 0.6) is 0 Å². The Morgan fingerprint density at radius 2 is 1.92 bits per heavy atom. The van der Waals surface area contributed by atoms with Crippen LogP contribution in [0.2, 0.25) is 0 Å². The quantitative estimate of drug-likeness (QED) is 0.644. The summed E-state index contributed by atoms with van der Waals surface area (Å²) in [5, 5.41) is 17.1. The van der Waals surface area contributed by atoms with E-state index >= 15 is 0 Å². The van der Waals surface area contributed by atoms with Gasteiger partial charge in [0.1, 0.15) is 17.3 Å². The van der Waals surface area contributed by atoms with E-state index in [0.29, 0.717) is 24.1 Å². The number of benzene rings is 2. The number of aryl methyl sites for hydroxylation is 1. The van der Waals surface area contributed by atoms with E-state index in [1.165, 1.54) is 30.3 Å². The van der Waals surface area contributed by atoms with E-state index in [1.54, 1.807) is 0 Å². The van der Waals surface area contributed by atoms with Gasteiger partial charge < -0.3 is 10.6 Å². The highest BCUT2D eigenvalue weighted by Crippen LogP contribution is 2.46. The van der Waals surface area contributed by atoms with Gasteiger partial charge in [-0.2, -0.15) is 0 Å². The third kappa shape index (κ3) is 2.87. The third-order valence-electron chi connectivity index (χ3n) is 4.82. The van der Waals surface area contributed by atoms with E-state index < -0.39 is 16.6 Å². The number of fused-ring (bicyclic) bond motifs is 1. The van der Waals surface area contributed by atoms with Crippen molar-refractivity contribution in [2.75, 3.05) is 10.6 Å². The molecule has 26 heavy (non-hydrogen) atoms. The molecule has 134 valence electrons. The Morgan fingerprint density at radius 3 is 2.62 bits per heavy atom. The number of nitro groups is 1. The van der Waals surface area contributed by atoms with Crippen LogP contribution in [0.25, 0.3) is 0 Å². The monoisotopic (exact) mass is 359 g/mol. The molecule has 1 amide bonds. The lowest BCUT2D eigenvalue weighted by Crippen LogP contribution is -2.19. The van der Waals surface area contributed by atoms with Crippen LogP contribution >= 0.6 is 0 Å². The van der Waals surface area contributed by atoms with Gasteiger partial charge in [-0.3, -0.25) is 14.9 Å². The topological polar surface area (TPSA) is 84.3 Å². The number of anilines is 2. The van der Waals surface area contributed by atoms with Crippen molar-refractivity contribution in [1.29, 1.82) is 0 Å². The van der Waals surface area contributed by atoms with Crippen molar-refractivity contribution in [3.8, 4) is 0 Å². The van der Waals surface area contributed by atoms with Gasteiger partial charge in [0, 0.05) is 35.7 Å². The lowest BCUT2D eigenvalue weighted by Gasteiger charge is -2.18. The summed E-state index contributed by atoms with van der Waals surface area (Å²) in [6.07, 6.45) is 1.20. The predicted octanol–water partition coefficient (Wildman–Crippen LogP) is 3.73. The van der Waals surface area contributed by atoms with Gasteiger partial charge in [0.05, 0.1) is 4.92 Å². The molecule has 0 aromatic heterocycles. The van der Waals surface area contributed by atoms with E-state index in [2.05, 4.69) is 10.6 Å². The average Bonchev–Trinajstić information content (AvgIpc) is 3.32. The number of nitro benzene ring substituents is 1. The number of carbonyl (C=O) groups is 1. The molecule has 2 aromatic carbocycles. The van der Waals surface area contributed by atoms with Crippen LogP contribution in [0.3, 0.4) is 0 Å². The predicted molar refractivity (Wildman–Crippen MR) is 91.2 cm³/mol. The van der Waals surface area contributed by atoms with Gasteiger partial charge in [0.15, 0.2) is 0 Å². The molecule has 2 aliphatic rings. The highest BCUT2D eigenvalue weighted by atomic mass is 19.1. The first kappa shape index (κ1) is 16.4. The fraction of sp³-hybridized carbons (Fsp3) is 0.278. The number of halogens is 2. The zero-order valence-electron chi connectivity index (χ0n) is 13.6. The van der Waals surface area contributed by atoms with Crippen molar-refractivity contribution < 1.29 is 18.5 Å². The normalized spacial score (nSPS) is 20.9. The molecule has 0 bridgehead atoms. The van der Waals surface area contributed by atoms with Crippen LogP contribution in [-0.2, 0) is 11.2 Å². The van der Waals surface area contributed by atoms with Gasteiger partial charge in [-0.1, -0.05) is 6.07 Å². The summed E-state index contributed by atoms with van der Waals surface area (Å²) < 4.78 is 27.8. The molecule has 1 heterocycles. The van der Waals surface area contributed by atoms with Crippen molar-refractivity contribution in [1.82, 2.24) is 0 Å². The van der Waals surface area contributed by atoms with Gasteiger partial charge in [-0.25, -0.2) is 8.78 Å². The average molecular weight is 359 g/mol. The number of carbonyl (C=O) groups excluding carboxylic acids is 1. The molecule has 1 fully saturated rings. The number of hydrogen-bond acceptors (Lipinski definition) is 4. The summed E-state index contributed by atoms with van der Waals surface area (Å²) in [5.74, 6) is -1.77. The molecule has 1 aliphatic heterocycles. The first-order chi connectivity index (χ1) is 12.4. The molecule has 1 aliphatic carbocycles. The standard InChI is InChI=1S/C18H15F2N3O3/c19-11-2-1-3-12(20)18(11)10-7-14(10)21-15-8-13-9(4-5-17(24)22-13)6-16(15)23(25)26/h1-3,6,8,10,14,21H,4-5,7H2,(H,22,24)/t10-,14+/m0/s1. The Balaban J connectivity index is 1.62. The number of amides is 1. The van der Waals surface area contributed by atoms with E-state index in [9.17, 15) is 23.7 Å². The second kappa shape index (κ2) is 6.05. The fourth-order valence-electron chi connectivity index (χ4n) is 3.42. The molecule has 1 saturated carbocycles. The Morgan fingerprint density at radius 1 is 1.19 bits per heavy atom. The molecule has 0 saturated heterocycles. The minimum atomic E-state index is -0.619. The highest BCUT2D eigenvalue weighted by molar-refractivity contribution is 5.95. The van der Waals surface area contributed by atoms with E-state index in [1.807, 2.05) is 0 Å². The minimum Gasteiger partial charge on any atom is -0.376 e. The van der Waals surface area contributed by atoms with Gasteiger partial charge in [0.25, 0.3) is 5.69 Å². The summed E-state index contributed by atoms with van der Waals surface area (Å²) in [7, 11) is 0. The van der Waals surface area contributed by atoms with E-state index in [0.717, 1.165) is 0 Å². The fourth-order valence-corrected chi connectivity index (χ4v) is 3.42.